The van der Waals surface area contributed by atoms with Crippen LogP contribution in [0.4, 0.5) is 4.79 Å². The van der Waals surface area contributed by atoms with Gasteiger partial charge in [-0.15, -0.1) is 0 Å². The van der Waals surface area contributed by atoms with Crippen molar-refractivity contribution in [1.82, 2.24) is 10.2 Å². The molecule has 0 aromatic heterocycles. The fourth-order valence-electron chi connectivity index (χ4n) is 3.13. The topological polar surface area (TPSA) is 86.3 Å². The molecule has 154 valence electrons. The Labute approximate surface area is 169 Å². The maximum atomic E-state index is 12.7. The molecule has 2 aromatic carbocycles. The first-order valence-electron chi connectivity index (χ1n) is 9.10. The average Bonchev–Trinajstić information content (AvgIpc) is 3.12. The maximum absolute atomic E-state index is 12.7. The average molecular weight is 400 g/mol. The third-order valence-electron chi connectivity index (χ3n) is 4.69. The van der Waals surface area contributed by atoms with E-state index in [1.165, 1.54) is 4.90 Å². The highest BCUT2D eigenvalue weighted by atomic mass is 16.6. The number of hydrogen-bond acceptors (Lipinski definition) is 6. The second-order valence-electron chi connectivity index (χ2n) is 6.47. The van der Waals surface area contributed by atoms with Gasteiger partial charge in [0.1, 0.15) is 29.9 Å². The standard InChI is InChI=1S/C21H24N2O6/c1-26-16-8-14(9-17(10-16)27-2)11-22-20(24)18-13-29-21(25)23(18)12-15-6-4-5-7-19(15)28-3/h4-10,18H,11-13H2,1-3H3,(H,22,24)/t18-/m0/s1. The third kappa shape index (κ3) is 4.71. The molecule has 1 N–H and O–H groups in total. The van der Waals surface area contributed by atoms with Gasteiger partial charge in [-0.25, -0.2) is 4.79 Å². The lowest BCUT2D eigenvalue weighted by atomic mass is 10.1. The maximum Gasteiger partial charge on any atom is 0.410 e. The number of carbonyl (C=O) groups excluding carboxylic acids is 2. The van der Waals surface area contributed by atoms with E-state index < -0.39 is 12.1 Å². The number of benzene rings is 2. The van der Waals surface area contributed by atoms with Gasteiger partial charge in [0.2, 0.25) is 5.91 Å². The van der Waals surface area contributed by atoms with Gasteiger partial charge in [-0.2, -0.15) is 0 Å². The number of rotatable bonds is 8. The lowest BCUT2D eigenvalue weighted by Gasteiger charge is -2.22. The van der Waals surface area contributed by atoms with Gasteiger partial charge >= 0.3 is 6.09 Å². The van der Waals surface area contributed by atoms with Crippen LogP contribution in [0.2, 0.25) is 0 Å². The quantitative estimate of drug-likeness (QED) is 0.732. The first-order chi connectivity index (χ1) is 14.0. The van der Waals surface area contributed by atoms with Gasteiger partial charge in [-0.05, 0) is 23.8 Å². The highest BCUT2D eigenvalue weighted by Crippen LogP contribution is 2.24. The first-order valence-corrected chi connectivity index (χ1v) is 9.10. The van der Waals surface area contributed by atoms with Crippen LogP contribution in [0.1, 0.15) is 11.1 Å². The van der Waals surface area contributed by atoms with Crippen molar-refractivity contribution >= 4 is 12.0 Å². The monoisotopic (exact) mass is 400 g/mol. The van der Waals surface area contributed by atoms with Gasteiger partial charge < -0.3 is 24.3 Å². The second kappa shape index (κ2) is 9.18. The second-order valence-corrected chi connectivity index (χ2v) is 6.47. The van der Waals surface area contributed by atoms with Crippen molar-refractivity contribution in [3.8, 4) is 17.2 Å². The number of nitrogens with one attached hydrogen (secondary N) is 1. The van der Waals surface area contributed by atoms with Crippen molar-refractivity contribution in [2.24, 2.45) is 0 Å². The molecular formula is C21H24N2O6. The predicted octanol–water partition coefficient (Wildman–Crippen LogP) is 2.35. The van der Waals surface area contributed by atoms with E-state index in [2.05, 4.69) is 5.32 Å². The number of cyclic esters (lactones) is 1. The van der Waals surface area contributed by atoms with Crippen molar-refractivity contribution in [2.75, 3.05) is 27.9 Å². The zero-order valence-corrected chi connectivity index (χ0v) is 16.6. The molecule has 0 radical (unpaired) electrons. The molecule has 0 aliphatic carbocycles. The number of amides is 2. The van der Waals surface area contributed by atoms with Crippen molar-refractivity contribution in [1.29, 1.82) is 0 Å². The van der Waals surface area contributed by atoms with E-state index in [1.807, 2.05) is 36.4 Å². The van der Waals surface area contributed by atoms with Gasteiger partial charge in [-0.3, -0.25) is 9.69 Å². The number of para-hydroxylation sites is 1. The van der Waals surface area contributed by atoms with E-state index in [4.69, 9.17) is 18.9 Å². The molecule has 2 amide bonds. The summed E-state index contributed by atoms with van der Waals surface area (Å²) in [6.07, 6.45) is -0.529. The minimum Gasteiger partial charge on any atom is -0.497 e. The molecule has 8 nitrogen and oxygen atoms in total. The summed E-state index contributed by atoms with van der Waals surface area (Å²) >= 11 is 0. The Morgan fingerprint density at radius 2 is 1.79 bits per heavy atom. The Kier molecular flexibility index (Phi) is 6.43. The van der Waals surface area contributed by atoms with Crippen LogP contribution in [-0.2, 0) is 22.6 Å². The molecule has 1 atom stereocenters. The van der Waals surface area contributed by atoms with Gasteiger partial charge in [0.25, 0.3) is 0 Å². The van der Waals surface area contributed by atoms with Gasteiger partial charge in [0, 0.05) is 18.2 Å². The van der Waals surface area contributed by atoms with Crippen LogP contribution in [0.15, 0.2) is 42.5 Å². The van der Waals surface area contributed by atoms with E-state index in [0.29, 0.717) is 17.2 Å². The molecule has 29 heavy (non-hydrogen) atoms. The minimum atomic E-state index is -0.722. The van der Waals surface area contributed by atoms with E-state index in [9.17, 15) is 9.59 Å². The zero-order chi connectivity index (χ0) is 20.8. The zero-order valence-electron chi connectivity index (χ0n) is 16.6. The fraction of sp³-hybridized carbons (Fsp3) is 0.333. The molecule has 2 aromatic rings. The van der Waals surface area contributed by atoms with Crippen molar-refractivity contribution in [3.63, 3.8) is 0 Å². The summed E-state index contributed by atoms with van der Waals surface area (Å²) < 4.78 is 20.9. The van der Waals surface area contributed by atoms with Crippen molar-refractivity contribution in [2.45, 2.75) is 19.1 Å². The number of methoxy groups -OCH3 is 3. The molecular weight excluding hydrogens is 376 g/mol. The lowest BCUT2D eigenvalue weighted by Crippen LogP contribution is -2.45. The van der Waals surface area contributed by atoms with Crippen molar-refractivity contribution < 1.29 is 28.5 Å². The summed E-state index contributed by atoms with van der Waals surface area (Å²) in [7, 11) is 4.69. The highest BCUT2D eigenvalue weighted by Gasteiger charge is 2.38. The molecule has 1 heterocycles. The smallest absolute Gasteiger partial charge is 0.410 e. The van der Waals surface area contributed by atoms with E-state index in [-0.39, 0.29) is 25.6 Å². The summed E-state index contributed by atoms with van der Waals surface area (Å²) in [6, 6.07) is 12.0. The molecule has 0 unspecified atom stereocenters. The van der Waals surface area contributed by atoms with Crippen molar-refractivity contribution in [3.05, 3.63) is 53.6 Å². The third-order valence-corrected chi connectivity index (χ3v) is 4.69. The van der Waals surface area contributed by atoms with Gasteiger partial charge in [-0.1, -0.05) is 18.2 Å². The molecule has 0 spiro atoms. The highest BCUT2D eigenvalue weighted by molar-refractivity contribution is 5.88. The molecule has 0 bridgehead atoms. The summed E-state index contributed by atoms with van der Waals surface area (Å²) in [5.74, 6) is 1.61. The molecule has 0 saturated carbocycles. The molecule has 3 rings (SSSR count). The van der Waals surface area contributed by atoms with Crippen LogP contribution in [0.3, 0.4) is 0 Å². The Balaban J connectivity index is 1.69. The minimum absolute atomic E-state index is 0.00124. The van der Waals surface area contributed by atoms with Crippen LogP contribution >= 0.6 is 0 Å². The van der Waals surface area contributed by atoms with Crippen LogP contribution in [-0.4, -0.2) is 50.9 Å². The Bertz CT molecular complexity index is 863. The lowest BCUT2D eigenvalue weighted by molar-refractivity contribution is -0.125. The number of carbonyl (C=O) groups is 2. The summed E-state index contributed by atoms with van der Waals surface area (Å²) in [5, 5.41) is 2.85. The Morgan fingerprint density at radius 3 is 2.45 bits per heavy atom. The van der Waals surface area contributed by atoms with Crippen LogP contribution < -0.4 is 19.5 Å². The SMILES string of the molecule is COc1cc(CNC(=O)[C@@H]2COC(=O)N2Cc2ccccc2OC)cc(OC)c1. The fourth-order valence-corrected chi connectivity index (χ4v) is 3.13. The first kappa shape index (κ1) is 20.3. The van der Waals surface area contributed by atoms with E-state index >= 15 is 0 Å². The van der Waals surface area contributed by atoms with Gasteiger partial charge in [0.05, 0.1) is 27.9 Å². The summed E-state index contributed by atoms with van der Waals surface area (Å²) in [4.78, 5) is 26.3. The normalized spacial score (nSPS) is 15.6. The molecule has 8 heteroatoms. The summed E-state index contributed by atoms with van der Waals surface area (Å²) in [5.41, 5.74) is 1.61. The van der Waals surface area contributed by atoms with Gasteiger partial charge in [0.15, 0.2) is 0 Å². The van der Waals surface area contributed by atoms with Crippen LogP contribution in [0.5, 0.6) is 17.2 Å². The van der Waals surface area contributed by atoms with Crippen LogP contribution in [0.25, 0.3) is 0 Å². The van der Waals surface area contributed by atoms with E-state index in [1.54, 1.807) is 27.4 Å². The Hall–Kier alpha value is -3.42. The summed E-state index contributed by atoms with van der Waals surface area (Å²) in [6.45, 7) is 0.481. The number of hydrogen-bond donors (Lipinski definition) is 1. The molecule has 1 fully saturated rings. The number of nitrogens with zero attached hydrogens (tertiary/aromatic N) is 1. The largest absolute Gasteiger partial charge is 0.497 e. The van der Waals surface area contributed by atoms with E-state index in [0.717, 1.165) is 11.1 Å². The van der Waals surface area contributed by atoms with Crippen LogP contribution in [0, 0.1) is 0 Å². The predicted molar refractivity (Wildman–Crippen MR) is 105 cm³/mol. The Morgan fingerprint density at radius 1 is 1.10 bits per heavy atom. The number of ether oxygens (including phenoxy) is 4. The molecule has 1 saturated heterocycles. The molecule has 1 aliphatic rings. The molecule has 1 aliphatic heterocycles.